The summed E-state index contributed by atoms with van der Waals surface area (Å²) in [4.78, 5) is 24.9. The molecule has 1 fully saturated rings. The van der Waals surface area contributed by atoms with E-state index in [0.717, 1.165) is 0 Å². The number of carbonyl (C=O) groups excluding carboxylic acids is 2. The minimum absolute atomic E-state index is 0.101. The van der Waals surface area contributed by atoms with Crippen LogP contribution >= 0.6 is 0 Å². The van der Waals surface area contributed by atoms with Crippen LogP contribution in [0.4, 0.5) is 4.79 Å². The number of aliphatic hydroxyl groups is 1. The van der Waals surface area contributed by atoms with Crippen molar-refractivity contribution in [2.75, 3.05) is 13.6 Å². The fourth-order valence-electron chi connectivity index (χ4n) is 2.08. The monoisotopic (exact) mass is 264 g/mol. The molecule has 2 atom stereocenters. The molecule has 1 aliphatic heterocycles. The highest BCUT2D eigenvalue weighted by molar-refractivity contribution is 5.86. The summed E-state index contributed by atoms with van der Waals surface area (Å²) in [6, 6.07) is 7.93. The topological polar surface area (TPSA) is 78.9 Å². The number of para-hydroxylation sites is 1. The van der Waals surface area contributed by atoms with E-state index in [1.165, 1.54) is 11.9 Å². The van der Waals surface area contributed by atoms with Crippen molar-refractivity contribution >= 4 is 12.0 Å². The van der Waals surface area contributed by atoms with Crippen LogP contribution in [0.1, 0.15) is 6.42 Å². The standard InChI is InChI=1S/C13H16N2O4/c1-14-12(17)11-7-9(16)8-15(11)13(18)19-10-5-3-2-4-6-10/h2-6,9,11,16H,7-8H2,1H3,(H,14,17)/t9-,11+/m0/s1. The highest BCUT2D eigenvalue weighted by Crippen LogP contribution is 2.20. The predicted octanol–water partition coefficient (Wildman–Crippen LogP) is 0.367. The van der Waals surface area contributed by atoms with Crippen molar-refractivity contribution in [1.29, 1.82) is 0 Å². The van der Waals surface area contributed by atoms with Crippen LogP contribution in [-0.2, 0) is 4.79 Å². The lowest BCUT2D eigenvalue weighted by molar-refractivity contribution is -0.124. The van der Waals surface area contributed by atoms with Crippen molar-refractivity contribution in [2.24, 2.45) is 0 Å². The maximum absolute atomic E-state index is 12.0. The van der Waals surface area contributed by atoms with Crippen molar-refractivity contribution < 1.29 is 19.4 Å². The molecular formula is C13H16N2O4. The zero-order valence-electron chi connectivity index (χ0n) is 10.6. The average molecular weight is 264 g/mol. The molecule has 0 unspecified atom stereocenters. The van der Waals surface area contributed by atoms with E-state index >= 15 is 0 Å². The molecule has 2 N–H and O–H groups in total. The molecule has 0 aliphatic carbocycles. The number of benzene rings is 1. The van der Waals surface area contributed by atoms with Gasteiger partial charge in [0, 0.05) is 13.5 Å². The second-order valence-corrected chi connectivity index (χ2v) is 4.35. The molecule has 2 rings (SSSR count). The Bertz CT molecular complexity index is 463. The number of likely N-dealkylation sites (N-methyl/N-ethyl adjacent to an activating group) is 1. The maximum Gasteiger partial charge on any atom is 0.416 e. The van der Waals surface area contributed by atoms with Crippen molar-refractivity contribution in [3.8, 4) is 5.75 Å². The van der Waals surface area contributed by atoms with E-state index in [0.29, 0.717) is 5.75 Å². The Kier molecular flexibility index (Phi) is 4.01. The molecule has 1 aromatic carbocycles. The third-order valence-electron chi connectivity index (χ3n) is 3.01. The molecule has 19 heavy (non-hydrogen) atoms. The fourth-order valence-corrected chi connectivity index (χ4v) is 2.08. The molecule has 0 radical (unpaired) electrons. The molecule has 0 aromatic heterocycles. The van der Waals surface area contributed by atoms with Gasteiger partial charge in [0.25, 0.3) is 0 Å². The fraction of sp³-hybridized carbons (Fsp3) is 0.385. The van der Waals surface area contributed by atoms with Crippen LogP contribution in [0, 0.1) is 0 Å². The van der Waals surface area contributed by atoms with Gasteiger partial charge in [-0.05, 0) is 12.1 Å². The highest BCUT2D eigenvalue weighted by atomic mass is 16.6. The Hall–Kier alpha value is -2.08. The van der Waals surface area contributed by atoms with Gasteiger partial charge in [0.1, 0.15) is 11.8 Å². The van der Waals surface area contributed by atoms with E-state index in [-0.39, 0.29) is 18.9 Å². The van der Waals surface area contributed by atoms with Gasteiger partial charge in [0.15, 0.2) is 0 Å². The van der Waals surface area contributed by atoms with Crippen molar-refractivity contribution in [2.45, 2.75) is 18.6 Å². The van der Waals surface area contributed by atoms with E-state index in [9.17, 15) is 14.7 Å². The van der Waals surface area contributed by atoms with Gasteiger partial charge in [0.05, 0.1) is 12.6 Å². The lowest BCUT2D eigenvalue weighted by Crippen LogP contribution is -2.46. The third-order valence-corrected chi connectivity index (χ3v) is 3.01. The van der Waals surface area contributed by atoms with Crippen LogP contribution < -0.4 is 10.1 Å². The van der Waals surface area contributed by atoms with E-state index in [2.05, 4.69) is 5.32 Å². The smallest absolute Gasteiger partial charge is 0.410 e. The van der Waals surface area contributed by atoms with Gasteiger partial charge in [-0.2, -0.15) is 0 Å². The molecule has 2 amide bonds. The molecule has 6 nitrogen and oxygen atoms in total. The first-order valence-corrected chi connectivity index (χ1v) is 6.05. The molecule has 1 aromatic rings. The molecular weight excluding hydrogens is 248 g/mol. The summed E-state index contributed by atoms with van der Waals surface area (Å²) in [7, 11) is 1.49. The number of ether oxygens (including phenoxy) is 1. The summed E-state index contributed by atoms with van der Waals surface area (Å²) in [5.74, 6) is 0.103. The van der Waals surface area contributed by atoms with Gasteiger partial charge in [0.2, 0.25) is 5.91 Å². The Morgan fingerprint density at radius 2 is 2.05 bits per heavy atom. The lowest BCUT2D eigenvalue weighted by atomic mass is 10.2. The summed E-state index contributed by atoms with van der Waals surface area (Å²) in [5.41, 5.74) is 0. The first-order valence-electron chi connectivity index (χ1n) is 6.05. The Morgan fingerprint density at radius 3 is 2.68 bits per heavy atom. The zero-order valence-corrected chi connectivity index (χ0v) is 10.6. The summed E-state index contributed by atoms with van der Waals surface area (Å²) in [6.07, 6.45) is -1.11. The van der Waals surface area contributed by atoms with Crippen LogP contribution in [-0.4, -0.2) is 47.7 Å². The minimum Gasteiger partial charge on any atom is -0.410 e. The van der Waals surface area contributed by atoms with E-state index in [1.807, 2.05) is 6.07 Å². The molecule has 0 spiro atoms. The number of hydrogen-bond donors (Lipinski definition) is 2. The highest BCUT2D eigenvalue weighted by Gasteiger charge is 2.39. The van der Waals surface area contributed by atoms with Gasteiger partial charge in [-0.1, -0.05) is 18.2 Å². The van der Waals surface area contributed by atoms with Gasteiger partial charge in [-0.15, -0.1) is 0 Å². The summed E-state index contributed by atoms with van der Waals surface area (Å²) >= 11 is 0. The number of hydrogen-bond acceptors (Lipinski definition) is 4. The Balaban J connectivity index is 2.07. The number of nitrogens with zero attached hydrogens (tertiary/aromatic N) is 1. The summed E-state index contributed by atoms with van der Waals surface area (Å²) < 4.78 is 5.17. The van der Waals surface area contributed by atoms with Crippen LogP contribution in [0.3, 0.4) is 0 Å². The largest absolute Gasteiger partial charge is 0.416 e. The summed E-state index contributed by atoms with van der Waals surface area (Å²) in [5, 5.41) is 12.1. The third kappa shape index (κ3) is 3.03. The lowest BCUT2D eigenvalue weighted by Gasteiger charge is -2.22. The van der Waals surface area contributed by atoms with Gasteiger partial charge < -0.3 is 15.2 Å². The van der Waals surface area contributed by atoms with Gasteiger partial charge >= 0.3 is 6.09 Å². The molecule has 0 bridgehead atoms. The first-order chi connectivity index (χ1) is 9.11. The minimum atomic E-state index is -0.703. The van der Waals surface area contributed by atoms with E-state index in [1.54, 1.807) is 24.3 Å². The molecule has 6 heteroatoms. The van der Waals surface area contributed by atoms with Gasteiger partial charge in [-0.3, -0.25) is 9.69 Å². The number of carbonyl (C=O) groups is 2. The van der Waals surface area contributed by atoms with Crippen molar-refractivity contribution in [3.05, 3.63) is 30.3 Å². The zero-order chi connectivity index (χ0) is 13.8. The molecule has 102 valence electrons. The van der Waals surface area contributed by atoms with Crippen LogP contribution in [0.15, 0.2) is 30.3 Å². The van der Waals surface area contributed by atoms with Crippen LogP contribution in [0.2, 0.25) is 0 Å². The average Bonchev–Trinajstić information content (AvgIpc) is 2.81. The quantitative estimate of drug-likeness (QED) is 0.808. The van der Waals surface area contributed by atoms with Crippen molar-refractivity contribution in [1.82, 2.24) is 10.2 Å². The Labute approximate surface area is 111 Å². The number of aliphatic hydroxyl groups excluding tert-OH is 1. The predicted molar refractivity (Wildman–Crippen MR) is 67.7 cm³/mol. The molecule has 1 aliphatic rings. The summed E-state index contributed by atoms with van der Waals surface area (Å²) in [6.45, 7) is 0.101. The maximum atomic E-state index is 12.0. The number of likely N-dealkylation sites (tertiary alicyclic amines) is 1. The molecule has 1 heterocycles. The van der Waals surface area contributed by atoms with E-state index < -0.39 is 18.2 Å². The SMILES string of the molecule is CNC(=O)[C@H]1C[C@H](O)CN1C(=O)Oc1ccccc1. The molecule has 1 saturated heterocycles. The van der Waals surface area contributed by atoms with Gasteiger partial charge in [-0.25, -0.2) is 4.79 Å². The number of rotatable bonds is 2. The van der Waals surface area contributed by atoms with Crippen LogP contribution in [0.25, 0.3) is 0 Å². The normalized spacial score (nSPS) is 22.1. The van der Waals surface area contributed by atoms with Crippen molar-refractivity contribution in [3.63, 3.8) is 0 Å². The number of amides is 2. The first kappa shape index (κ1) is 13.4. The molecule has 0 saturated carbocycles. The Morgan fingerprint density at radius 1 is 1.37 bits per heavy atom. The van der Waals surface area contributed by atoms with E-state index in [4.69, 9.17) is 4.74 Å². The second kappa shape index (κ2) is 5.71. The van der Waals surface area contributed by atoms with Crippen LogP contribution in [0.5, 0.6) is 5.75 Å². The number of β-amino-alcohol motifs (C(OH)–C–C–N with tert-alkyl or cyclic N) is 1. The second-order valence-electron chi connectivity index (χ2n) is 4.35. The number of nitrogens with one attached hydrogen (secondary N) is 1.